The number of aryl methyl sites for hydroxylation is 1. The molecule has 0 saturated carbocycles. The summed E-state index contributed by atoms with van der Waals surface area (Å²) in [7, 11) is 1.95. The maximum Gasteiger partial charge on any atom is 0.124 e. The minimum Gasteiger partial charge on any atom is -0.363 e. The molecule has 0 aliphatic heterocycles. The van der Waals surface area contributed by atoms with Crippen molar-refractivity contribution in [3.63, 3.8) is 0 Å². The van der Waals surface area contributed by atoms with Crippen LogP contribution in [0.3, 0.4) is 0 Å². The fraction of sp³-hybridized carbons (Fsp3) is 0.103. The summed E-state index contributed by atoms with van der Waals surface area (Å²) in [6, 6.07) is 30.3. The Balaban J connectivity index is 1.61. The van der Waals surface area contributed by atoms with Crippen LogP contribution in [-0.4, -0.2) is 9.55 Å². The van der Waals surface area contributed by atoms with Crippen molar-refractivity contribution in [2.45, 2.75) is 12.7 Å². The molecule has 0 N–H and O–H groups in total. The zero-order chi connectivity index (χ0) is 23.5. The summed E-state index contributed by atoms with van der Waals surface area (Å²) in [4.78, 5) is 4.30. The van der Waals surface area contributed by atoms with Crippen molar-refractivity contribution in [1.29, 1.82) is 5.26 Å². The van der Waals surface area contributed by atoms with Gasteiger partial charge in [-0.2, -0.15) is 5.26 Å². The lowest BCUT2D eigenvalue weighted by Crippen LogP contribution is -2.11. The van der Waals surface area contributed by atoms with Crippen molar-refractivity contribution in [2.24, 2.45) is 7.05 Å². The summed E-state index contributed by atoms with van der Waals surface area (Å²) < 4.78 is 8.40. The Bertz CT molecular complexity index is 1510. The van der Waals surface area contributed by atoms with Gasteiger partial charge in [0.2, 0.25) is 0 Å². The second-order valence-electron chi connectivity index (χ2n) is 8.19. The van der Waals surface area contributed by atoms with Crippen LogP contribution in [0, 0.1) is 11.3 Å². The molecular formula is C29H22ClN3O. The van der Waals surface area contributed by atoms with Crippen LogP contribution in [0.25, 0.3) is 21.9 Å². The number of hydrogen-bond acceptors (Lipinski definition) is 3. The average molecular weight is 464 g/mol. The predicted octanol–water partition coefficient (Wildman–Crippen LogP) is 7.07. The first-order valence-electron chi connectivity index (χ1n) is 11.0. The van der Waals surface area contributed by atoms with E-state index in [1.54, 1.807) is 6.33 Å². The van der Waals surface area contributed by atoms with Gasteiger partial charge < -0.3 is 9.30 Å². The molecule has 1 aromatic heterocycles. The Morgan fingerprint density at radius 2 is 1.79 bits per heavy atom. The van der Waals surface area contributed by atoms with E-state index in [0.717, 1.165) is 38.7 Å². The molecule has 0 fully saturated rings. The number of aromatic nitrogens is 2. The fourth-order valence-corrected chi connectivity index (χ4v) is 4.50. The van der Waals surface area contributed by atoms with Gasteiger partial charge in [-0.25, -0.2) is 4.98 Å². The summed E-state index contributed by atoms with van der Waals surface area (Å²) in [6.07, 6.45) is 3.21. The molecule has 0 spiro atoms. The van der Waals surface area contributed by atoms with Gasteiger partial charge in [0.1, 0.15) is 6.10 Å². The molecule has 1 atom stereocenters. The molecule has 166 valence electrons. The van der Waals surface area contributed by atoms with Crippen molar-refractivity contribution in [3.8, 4) is 17.2 Å². The smallest absolute Gasteiger partial charge is 0.124 e. The Labute approximate surface area is 203 Å². The minimum atomic E-state index is -0.368. The quantitative estimate of drug-likeness (QED) is 0.270. The highest BCUT2D eigenvalue weighted by Gasteiger charge is 2.21. The van der Waals surface area contributed by atoms with E-state index < -0.39 is 0 Å². The second kappa shape index (κ2) is 9.52. The van der Waals surface area contributed by atoms with E-state index in [0.29, 0.717) is 17.2 Å². The van der Waals surface area contributed by atoms with Gasteiger partial charge in [-0.1, -0.05) is 72.3 Å². The van der Waals surface area contributed by atoms with Gasteiger partial charge >= 0.3 is 0 Å². The third-order valence-corrected chi connectivity index (χ3v) is 6.21. The standard InChI is InChI=1S/C29H22ClN3O/c1-33-19-32-17-28(33)29(34-18-20-6-4-9-24(30)14-20)22-12-13-23(16-31)27(15-22)26-11-5-8-21-7-2-3-10-25(21)26/h2-15,17,19,29H,18H2,1H3. The Morgan fingerprint density at radius 1 is 0.971 bits per heavy atom. The third kappa shape index (κ3) is 4.32. The number of halogens is 1. The summed E-state index contributed by atoms with van der Waals surface area (Å²) in [5, 5.41) is 12.8. The fourth-order valence-electron chi connectivity index (χ4n) is 4.28. The van der Waals surface area contributed by atoms with Gasteiger partial charge in [0, 0.05) is 17.6 Å². The average Bonchev–Trinajstić information content (AvgIpc) is 3.29. The van der Waals surface area contributed by atoms with Crippen LogP contribution < -0.4 is 0 Å². The topological polar surface area (TPSA) is 50.8 Å². The highest BCUT2D eigenvalue weighted by molar-refractivity contribution is 6.30. The van der Waals surface area contributed by atoms with E-state index >= 15 is 0 Å². The summed E-state index contributed by atoms with van der Waals surface area (Å²) in [5.74, 6) is 0. The zero-order valence-electron chi connectivity index (χ0n) is 18.6. The van der Waals surface area contributed by atoms with Crippen LogP contribution in [0.4, 0.5) is 0 Å². The molecule has 0 amide bonds. The van der Waals surface area contributed by atoms with Crippen LogP contribution in [-0.2, 0) is 18.4 Å². The van der Waals surface area contributed by atoms with Crippen molar-refractivity contribution >= 4 is 22.4 Å². The van der Waals surface area contributed by atoms with Crippen molar-refractivity contribution < 1.29 is 4.74 Å². The molecule has 1 unspecified atom stereocenters. The molecule has 5 aromatic rings. The Morgan fingerprint density at radius 3 is 2.59 bits per heavy atom. The van der Waals surface area contributed by atoms with E-state index in [4.69, 9.17) is 16.3 Å². The molecule has 34 heavy (non-hydrogen) atoms. The molecule has 5 heteroatoms. The predicted molar refractivity (Wildman–Crippen MR) is 135 cm³/mol. The number of hydrogen-bond donors (Lipinski definition) is 0. The number of nitrogens with zero attached hydrogens (tertiary/aromatic N) is 3. The van der Waals surface area contributed by atoms with Crippen molar-refractivity contribution in [1.82, 2.24) is 9.55 Å². The monoisotopic (exact) mass is 463 g/mol. The minimum absolute atomic E-state index is 0.368. The van der Waals surface area contributed by atoms with Crippen LogP contribution in [0.1, 0.15) is 28.5 Å². The largest absolute Gasteiger partial charge is 0.363 e. The number of imidazole rings is 1. The Hall–Kier alpha value is -3.91. The molecular weight excluding hydrogens is 442 g/mol. The molecule has 0 bridgehead atoms. The van der Waals surface area contributed by atoms with Gasteiger partial charge in [0.05, 0.1) is 36.5 Å². The molecule has 0 radical (unpaired) electrons. The lowest BCUT2D eigenvalue weighted by molar-refractivity contribution is 0.0622. The van der Waals surface area contributed by atoms with E-state index in [1.165, 1.54) is 0 Å². The van der Waals surface area contributed by atoms with Crippen LogP contribution >= 0.6 is 11.6 Å². The van der Waals surface area contributed by atoms with Gasteiger partial charge in [0.25, 0.3) is 0 Å². The number of fused-ring (bicyclic) bond motifs is 1. The van der Waals surface area contributed by atoms with Crippen LogP contribution in [0.2, 0.25) is 5.02 Å². The highest BCUT2D eigenvalue weighted by atomic mass is 35.5. The summed E-state index contributed by atoms with van der Waals surface area (Å²) in [5.41, 5.74) is 5.40. The maximum atomic E-state index is 9.88. The first-order valence-corrected chi connectivity index (χ1v) is 11.4. The normalized spacial score (nSPS) is 11.9. The summed E-state index contributed by atoms with van der Waals surface area (Å²) >= 11 is 6.17. The molecule has 0 aliphatic rings. The Kier molecular flexibility index (Phi) is 6.14. The van der Waals surface area contributed by atoms with Crippen molar-refractivity contribution in [3.05, 3.63) is 125 Å². The first-order chi connectivity index (χ1) is 16.6. The lowest BCUT2D eigenvalue weighted by atomic mass is 9.92. The maximum absolute atomic E-state index is 9.88. The van der Waals surface area contributed by atoms with E-state index in [1.807, 2.05) is 72.4 Å². The highest BCUT2D eigenvalue weighted by Crippen LogP contribution is 2.35. The van der Waals surface area contributed by atoms with Crippen molar-refractivity contribution in [2.75, 3.05) is 0 Å². The lowest BCUT2D eigenvalue weighted by Gasteiger charge is -2.21. The van der Waals surface area contributed by atoms with Gasteiger partial charge in [-0.05, 0) is 51.7 Å². The zero-order valence-corrected chi connectivity index (χ0v) is 19.4. The van der Waals surface area contributed by atoms with Gasteiger partial charge in [0.15, 0.2) is 0 Å². The number of nitriles is 1. The van der Waals surface area contributed by atoms with Gasteiger partial charge in [-0.15, -0.1) is 0 Å². The second-order valence-corrected chi connectivity index (χ2v) is 8.63. The number of benzene rings is 4. The van der Waals surface area contributed by atoms with E-state index in [-0.39, 0.29) is 6.10 Å². The molecule has 4 aromatic carbocycles. The summed E-state index contributed by atoms with van der Waals surface area (Å²) in [6.45, 7) is 0.389. The van der Waals surface area contributed by atoms with E-state index in [2.05, 4.69) is 41.4 Å². The van der Waals surface area contributed by atoms with Gasteiger partial charge in [-0.3, -0.25) is 0 Å². The molecule has 1 heterocycles. The molecule has 0 aliphatic carbocycles. The molecule has 4 nitrogen and oxygen atoms in total. The third-order valence-electron chi connectivity index (χ3n) is 5.97. The number of rotatable bonds is 6. The SMILES string of the molecule is Cn1cncc1C(OCc1cccc(Cl)c1)c1ccc(C#N)c(-c2cccc3ccccc23)c1. The number of ether oxygens (including phenoxy) is 1. The molecule has 5 rings (SSSR count). The van der Waals surface area contributed by atoms with Crippen LogP contribution in [0.5, 0.6) is 0 Å². The molecule has 0 saturated heterocycles. The van der Waals surface area contributed by atoms with Crippen LogP contribution in [0.15, 0.2) is 97.5 Å². The first kappa shape index (κ1) is 21.9. The van der Waals surface area contributed by atoms with E-state index in [9.17, 15) is 5.26 Å².